The van der Waals surface area contributed by atoms with Crippen molar-refractivity contribution in [2.45, 2.75) is 30.2 Å². The predicted octanol–water partition coefficient (Wildman–Crippen LogP) is 1.44. The first-order chi connectivity index (χ1) is 17.7. The van der Waals surface area contributed by atoms with Crippen molar-refractivity contribution < 1.29 is 45.2 Å². The molecule has 0 aromatic heterocycles. The number of nitrogens with one attached hydrogen (secondary N) is 1. The molecule has 38 heavy (non-hydrogen) atoms. The van der Waals surface area contributed by atoms with E-state index in [2.05, 4.69) is 9.50 Å². The first-order valence-electron chi connectivity index (χ1n) is 10.8. The monoisotopic (exact) mass is 584 g/mol. The fraction of sp³-hybridized carbons (Fsp3) is 0.261. The number of benzene rings is 2. The van der Waals surface area contributed by atoms with Gasteiger partial charge in [0, 0.05) is 10.8 Å². The van der Waals surface area contributed by atoms with Crippen LogP contribution >= 0.6 is 10.8 Å². The van der Waals surface area contributed by atoms with Crippen molar-refractivity contribution in [3.8, 4) is 5.75 Å². The number of nitrogens with zero attached hydrogens (tertiary/aromatic N) is 1. The second-order valence-electron chi connectivity index (χ2n) is 8.11. The Bertz CT molecular complexity index is 1470. The number of amides is 2. The second-order valence-corrected chi connectivity index (χ2v) is 13.6. The van der Waals surface area contributed by atoms with Crippen molar-refractivity contribution in [2.75, 3.05) is 12.9 Å². The topological polar surface area (TPSA) is 173 Å². The molecular formula is C23H24N2O10S3. The highest BCUT2D eigenvalue weighted by Crippen LogP contribution is 2.40. The molecule has 0 bridgehead atoms. The number of carbonyl (C=O) groups is 3. The molecule has 3 rings (SSSR count). The van der Waals surface area contributed by atoms with Crippen molar-refractivity contribution in [1.82, 2.24) is 10.2 Å². The zero-order chi connectivity index (χ0) is 28.3. The molecule has 1 heterocycles. The largest absolute Gasteiger partial charge is 0.484 e. The van der Waals surface area contributed by atoms with Gasteiger partial charge in [-0.15, -0.1) is 0 Å². The van der Waals surface area contributed by atoms with E-state index in [4.69, 9.17) is 4.74 Å². The molecule has 1 aliphatic rings. The van der Waals surface area contributed by atoms with Gasteiger partial charge in [0.1, 0.15) is 22.9 Å². The number of carboxylic acids is 1. The maximum Gasteiger partial charge on any atom is 0.356 e. The summed E-state index contributed by atoms with van der Waals surface area (Å²) >= 11 is 0. The lowest BCUT2D eigenvalue weighted by Crippen LogP contribution is -2.70. The molecule has 2 aromatic rings. The van der Waals surface area contributed by atoms with E-state index in [0.29, 0.717) is 16.9 Å². The molecule has 0 saturated carbocycles. The Balaban J connectivity index is 1.92. The van der Waals surface area contributed by atoms with Gasteiger partial charge in [0.15, 0.2) is 12.3 Å². The molecule has 12 nitrogen and oxygen atoms in total. The number of allylic oxidation sites excluding steroid dienone is 1. The van der Waals surface area contributed by atoms with Crippen LogP contribution in [-0.4, -0.2) is 68.9 Å². The first-order valence-corrected chi connectivity index (χ1v) is 15.5. The maximum atomic E-state index is 13.1. The number of ether oxygens (including phenoxy) is 1. The van der Waals surface area contributed by atoms with E-state index in [1.54, 1.807) is 49.4 Å². The highest BCUT2D eigenvalue weighted by Gasteiger charge is 2.54. The van der Waals surface area contributed by atoms with Crippen LogP contribution in [0.2, 0.25) is 0 Å². The SMILES string of the molecule is C/C(OS(C)(=O)=O)=C(/C(=O)O)N1C(=O)C(NC(=O)COc2ccccc2)C1SS(=O)(=O)c1ccc(C)cc1. The molecule has 1 fully saturated rings. The highest BCUT2D eigenvalue weighted by molar-refractivity contribution is 8.72. The van der Waals surface area contributed by atoms with Crippen LogP contribution in [0, 0.1) is 6.92 Å². The lowest BCUT2D eigenvalue weighted by Gasteiger charge is -2.45. The van der Waals surface area contributed by atoms with Crippen molar-refractivity contribution in [1.29, 1.82) is 0 Å². The first kappa shape index (κ1) is 29.0. The van der Waals surface area contributed by atoms with E-state index in [-0.39, 0.29) is 15.7 Å². The number of aryl methyl sites for hydroxylation is 1. The summed E-state index contributed by atoms with van der Waals surface area (Å²) in [6, 6.07) is 12.7. The van der Waals surface area contributed by atoms with Gasteiger partial charge in [-0.2, -0.15) is 8.42 Å². The van der Waals surface area contributed by atoms with Gasteiger partial charge in [-0.1, -0.05) is 35.9 Å². The molecular weight excluding hydrogens is 560 g/mol. The third kappa shape index (κ3) is 7.05. The minimum absolute atomic E-state index is 0.116. The molecule has 204 valence electrons. The number of aliphatic carboxylic acids is 1. The molecule has 0 aliphatic carbocycles. The molecule has 0 spiro atoms. The quantitative estimate of drug-likeness (QED) is 0.129. The van der Waals surface area contributed by atoms with Crippen LogP contribution in [0.25, 0.3) is 0 Å². The summed E-state index contributed by atoms with van der Waals surface area (Å²) in [6.45, 7) is 2.26. The Kier molecular flexibility index (Phi) is 8.74. The zero-order valence-electron chi connectivity index (χ0n) is 20.4. The molecule has 2 atom stereocenters. The number of carboxylic acid groups (broad SMARTS) is 1. The summed E-state index contributed by atoms with van der Waals surface area (Å²) in [5.41, 5.74) is -0.0920. The fourth-order valence-electron chi connectivity index (χ4n) is 3.39. The molecule has 1 aliphatic heterocycles. The van der Waals surface area contributed by atoms with Gasteiger partial charge in [0.05, 0.1) is 11.2 Å². The molecule has 2 unspecified atom stereocenters. The second kappa shape index (κ2) is 11.4. The summed E-state index contributed by atoms with van der Waals surface area (Å²) in [5.74, 6) is -3.78. The number of hydrogen-bond acceptors (Lipinski definition) is 10. The smallest absolute Gasteiger partial charge is 0.356 e. The van der Waals surface area contributed by atoms with Crippen molar-refractivity contribution in [2.24, 2.45) is 0 Å². The Morgan fingerprint density at radius 2 is 1.66 bits per heavy atom. The van der Waals surface area contributed by atoms with Gasteiger partial charge in [0.25, 0.3) is 11.8 Å². The molecule has 2 amide bonds. The maximum absolute atomic E-state index is 13.1. The van der Waals surface area contributed by atoms with Crippen LogP contribution in [0.1, 0.15) is 12.5 Å². The molecule has 1 saturated heterocycles. The van der Waals surface area contributed by atoms with E-state index in [1.807, 2.05) is 0 Å². The Labute approximate surface area is 223 Å². The molecule has 2 N–H and O–H groups in total. The average molecular weight is 585 g/mol. The third-order valence-electron chi connectivity index (χ3n) is 5.06. The summed E-state index contributed by atoms with van der Waals surface area (Å²) < 4.78 is 59.4. The number of carbonyl (C=O) groups excluding carboxylic acids is 2. The number of para-hydroxylation sites is 1. The van der Waals surface area contributed by atoms with Crippen LogP contribution in [0.4, 0.5) is 0 Å². The molecule has 0 radical (unpaired) electrons. The van der Waals surface area contributed by atoms with E-state index < -0.39 is 66.2 Å². The van der Waals surface area contributed by atoms with Crippen molar-refractivity contribution in [3.63, 3.8) is 0 Å². The van der Waals surface area contributed by atoms with Gasteiger partial charge in [-0.3, -0.25) is 14.5 Å². The van der Waals surface area contributed by atoms with E-state index in [1.165, 1.54) is 12.1 Å². The third-order valence-corrected chi connectivity index (χ3v) is 9.33. The van der Waals surface area contributed by atoms with Crippen LogP contribution in [0.3, 0.4) is 0 Å². The minimum Gasteiger partial charge on any atom is -0.484 e. The van der Waals surface area contributed by atoms with Crippen LogP contribution in [0.5, 0.6) is 5.75 Å². The Morgan fingerprint density at radius 3 is 2.21 bits per heavy atom. The van der Waals surface area contributed by atoms with Crippen molar-refractivity contribution >= 4 is 47.6 Å². The molecule has 15 heteroatoms. The number of hydrogen-bond donors (Lipinski definition) is 2. The Morgan fingerprint density at radius 1 is 1.05 bits per heavy atom. The van der Waals surface area contributed by atoms with Gasteiger partial charge < -0.3 is 19.3 Å². The lowest BCUT2D eigenvalue weighted by atomic mass is 10.1. The van der Waals surface area contributed by atoms with Gasteiger partial charge in [-0.25, -0.2) is 13.2 Å². The van der Waals surface area contributed by atoms with Crippen LogP contribution < -0.4 is 10.1 Å². The highest BCUT2D eigenvalue weighted by atomic mass is 33.1. The lowest BCUT2D eigenvalue weighted by molar-refractivity contribution is -0.151. The van der Waals surface area contributed by atoms with E-state index in [9.17, 15) is 36.3 Å². The number of rotatable bonds is 11. The van der Waals surface area contributed by atoms with Gasteiger partial charge >= 0.3 is 16.1 Å². The van der Waals surface area contributed by atoms with Gasteiger partial charge in [-0.05, 0) is 38.1 Å². The van der Waals surface area contributed by atoms with E-state index in [0.717, 1.165) is 12.5 Å². The summed E-state index contributed by atoms with van der Waals surface area (Å²) in [5, 5.41) is 10.6. The summed E-state index contributed by atoms with van der Waals surface area (Å²) in [4.78, 5) is 38.0. The average Bonchev–Trinajstić information content (AvgIpc) is 2.83. The number of β-lactam (4-membered cyclic amide) rings is 1. The number of likely N-dealkylation sites (tertiary alicyclic amines) is 1. The summed E-state index contributed by atoms with van der Waals surface area (Å²) in [7, 11) is -8.12. The van der Waals surface area contributed by atoms with Crippen LogP contribution in [0.15, 0.2) is 70.9 Å². The van der Waals surface area contributed by atoms with Crippen molar-refractivity contribution in [3.05, 3.63) is 71.6 Å². The fourth-order valence-corrected chi connectivity index (χ4v) is 7.40. The minimum atomic E-state index is -4.17. The zero-order valence-corrected chi connectivity index (χ0v) is 22.8. The molecule has 2 aromatic carbocycles. The Hall–Kier alpha value is -3.56. The standard InChI is InChI=1S/C23H24N2O10S3/c1-14-9-11-17(12-10-14)38(32,33)36-22-19(24-18(26)13-34-16-7-5-4-6-8-16)21(27)25(22)20(23(28)29)15(2)35-37(3,30)31/h4-12,19,22H,13H2,1-3H3,(H,24,26)(H,28,29)/b20-15+. The van der Waals surface area contributed by atoms with E-state index >= 15 is 0 Å². The van der Waals surface area contributed by atoms with Gasteiger partial charge in [0.2, 0.25) is 8.87 Å². The summed E-state index contributed by atoms with van der Waals surface area (Å²) in [6.07, 6.45) is 0.678. The predicted molar refractivity (Wildman–Crippen MR) is 137 cm³/mol. The normalized spacial score (nSPS) is 18.2. The van der Waals surface area contributed by atoms with Crippen LogP contribution in [-0.2, 0) is 37.6 Å².